The maximum atomic E-state index is 13.8. The molecule has 0 fully saturated rings. The molecule has 0 aromatic heterocycles. The average molecular weight is 731 g/mol. The Morgan fingerprint density at radius 2 is 1.17 bits per heavy atom. The summed E-state index contributed by atoms with van der Waals surface area (Å²) in [7, 11) is 0. The molecule has 2 aliphatic rings. The number of benzene rings is 5. The number of carbonyl (C=O) groups is 1. The van der Waals surface area contributed by atoms with Gasteiger partial charge < -0.3 is 75.5 Å². The second-order valence-corrected chi connectivity index (χ2v) is 12.6. The van der Waals surface area contributed by atoms with Crippen molar-refractivity contribution < 1.29 is 80.3 Å². The molecule has 0 aliphatic carbocycles. The molecule has 0 radical (unpaired) electrons. The van der Waals surface area contributed by atoms with Crippen molar-refractivity contribution in [3.8, 4) is 74.7 Å². The Morgan fingerprint density at radius 3 is 1.77 bits per heavy atom. The van der Waals surface area contributed by atoms with Gasteiger partial charge in [0.2, 0.25) is 0 Å². The highest BCUT2D eigenvalue weighted by atomic mass is 16.6. The lowest BCUT2D eigenvalue weighted by Gasteiger charge is -2.41. The fourth-order valence-electron chi connectivity index (χ4n) is 6.73. The van der Waals surface area contributed by atoms with Crippen molar-refractivity contribution in [1.29, 1.82) is 0 Å². The quantitative estimate of drug-likeness (QED) is 0.0899. The summed E-state index contributed by atoms with van der Waals surface area (Å²) in [5, 5.41) is 126. The fourth-order valence-corrected chi connectivity index (χ4v) is 6.73. The Hall–Kier alpha value is -7.07. The summed E-state index contributed by atoms with van der Waals surface area (Å²) in [6.07, 6.45) is -6.19. The van der Waals surface area contributed by atoms with E-state index >= 15 is 0 Å². The first-order chi connectivity index (χ1) is 25.1. The molecule has 0 saturated heterocycles. The van der Waals surface area contributed by atoms with Gasteiger partial charge in [-0.05, 0) is 42.0 Å². The van der Waals surface area contributed by atoms with Crippen molar-refractivity contribution in [3.63, 3.8) is 0 Å². The summed E-state index contributed by atoms with van der Waals surface area (Å²) in [6.45, 7) is 0. The predicted molar refractivity (Wildman–Crippen MR) is 178 cm³/mol. The molecule has 0 unspecified atom stereocenters. The molecule has 0 bridgehead atoms. The highest BCUT2D eigenvalue weighted by Gasteiger charge is 2.49. The maximum Gasteiger partial charge on any atom is 0.338 e. The zero-order valence-corrected chi connectivity index (χ0v) is 26.9. The normalized spacial score (nSPS) is 20.4. The van der Waals surface area contributed by atoms with Gasteiger partial charge in [-0.25, -0.2) is 4.79 Å². The van der Waals surface area contributed by atoms with Crippen molar-refractivity contribution in [3.05, 3.63) is 100 Å². The zero-order valence-electron chi connectivity index (χ0n) is 26.9. The molecule has 53 heavy (non-hydrogen) atoms. The fraction of sp³-hybridized carbons (Fsp3) is 0.162. The van der Waals surface area contributed by atoms with Crippen LogP contribution in [0.4, 0.5) is 0 Å². The number of ether oxygens (including phenoxy) is 3. The van der Waals surface area contributed by atoms with E-state index in [0.717, 1.165) is 54.6 Å². The zero-order chi connectivity index (χ0) is 38.0. The van der Waals surface area contributed by atoms with E-state index in [2.05, 4.69) is 0 Å². The highest BCUT2D eigenvalue weighted by Crippen LogP contribution is 2.58. The van der Waals surface area contributed by atoms with Crippen LogP contribution in [0, 0.1) is 0 Å². The van der Waals surface area contributed by atoms with Gasteiger partial charge in [0.05, 0.1) is 17.6 Å². The summed E-state index contributed by atoms with van der Waals surface area (Å²) in [5.74, 6) is -10.4. The lowest BCUT2D eigenvalue weighted by atomic mass is 9.77. The van der Waals surface area contributed by atoms with Crippen LogP contribution >= 0.6 is 0 Å². The number of aliphatic hydroxyl groups is 1. The van der Waals surface area contributed by atoms with E-state index in [9.17, 15) is 66.1 Å². The number of aromatic hydroxyl groups is 11. The van der Waals surface area contributed by atoms with Crippen molar-refractivity contribution >= 4 is 5.97 Å². The Bertz CT molecular complexity index is 2280. The first kappa shape index (κ1) is 34.4. The number of esters is 1. The van der Waals surface area contributed by atoms with Crippen LogP contribution in [0.2, 0.25) is 0 Å². The molecular formula is C37H30O16. The van der Waals surface area contributed by atoms with Gasteiger partial charge in [-0.2, -0.15) is 0 Å². The molecule has 5 aromatic carbocycles. The standard InChI is InChI=1S/C37H30O16/c38-16-9-23(44)29-28(10-16)51-34(14-2-4-19(40)22(43)6-14)36(53-37(50)15-7-25(46)32(49)26(47)8-15)31(29)30-24(45)12-20(41)17-11-27(48)33(52-35(17)30)13-1-3-18(39)21(42)5-13/h1-10,12,27,31,33-34,36,38-49H,11H2/t27-,31+,33-,34-,36+/m1/s1. The van der Waals surface area contributed by atoms with Crippen molar-refractivity contribution in [2.24, 2.45) is 0 Å². The number of fused-ring (bicyclic) bond motifs is 2. The van der Waals surface area contributed by atoms with Gasteiger partial charge in [-0.3, -0.25) is 0 Å². The first-order valence-electron chi connectivity index (χ1n) is 15.8. The number of phenolic OH excluding ortho intramolecular Hbond substituents is 11. The number of hydrogen-bond acceptors (Lipinski definition) is 16. The Labute approximate surface area is 297 Å². The number of carbonyl (C=O) groups excluding carboxylic acids is 1. The molecule has 0 amide bonds. The van der Waals surface area contributed by atoms with E-state index in [1.165, 1.54) is 12.1 Å². The first-order valence-corrected chi connectivity index (χ1v) is 15.8. The number of hydrogen-bond donors (Lipinski definition) is 12. The third-order valence-corrected chi connectivity index (χ3v) is 9.20. The number of rotatable bonds is 5. The molecule has 0 spiro atoms. The van der Waals surface area contributed by atoms with Crippen molar-refractivity contribution in [2.45, 2.75) is 36.8 Å². The topological polar surface area (TPSA) is 288 Å². The van der Waals surface area contributed by atoms with Crippen LogP contribution in [0.25, 0.3) is 0 Å². The van der Waals surface area contributed by atoms with Crippen molar-refractivity contribution in [2.75, 3.05) is 0 Å². The summed E-state index contributed by atoms with van der Waals surface area (Å²) in [4.78, 5) is 13.8. The second kappa shape index (κ2) is 12.6. The highest BCUT2D eigenvalue weighted by molar-refractivity contribution is 5.91. The molecule has 2 heterocycles. The van der Waals surface area contributed by atoms with Crippen LogP contribution in [-0.2, 0) is 11.2 Å². The molecule has 16 nitrogen and oxygen atoms in total. The lowest BCUT2D eigenvalue weighted by Crippen LogP contribution is -2.39. The summed E-state index contributed by atoms with van der Waals surface area (Å²) < 4.78 is 18.4. The minimum atomic E-state index is -1.72. The Kier molecular flexibility index (Phi) is 8.18. The summed E-state index contributed by atoms with van der Waals surface area (Å²) >= 11 is 0. The summed E-state index contributed by atoms with van der Waals surface area (Å²) in [6, 6.07) is 11.7. The van der Waals surface area contributed by atoms with E-state index in [0.29, 0.717) is 0 Å². The molecule has 274 valence electrons. The maximum absolute atomic E-state index is 13.8. The second-order valence-electron chi connectivity index (χ2n) is 12.6. The smallest absolute Gasteiger partial charge is 0.338 e. The molecular weight excluding hydrogens is 700 g/mol. The van der Waals surface area contributed by atoms with Gasteiger partial charge in [-0.15, -0.1) is 0 Å². The van der Waals surface area contributed by atoms with E-state index in [1.807, 2.05) is 0 Å². The van der Waals surface area contributed by atoms with Gasteiger partial charge in [0.1, 0.15) is 40.6 Å². The Balaban J connectivity index is 1.48. The van der Waals surface area contributed by atoms with Gasteiger partial charge in [0, 0.05) is 46.9 Å². The van der Waals surface area contributed by atoms with Gasteiger partial charge in [0.15, 0.2) is 52.5 Å². The Morgan fingerprint density at radius 1 is 0.585 bits per heavy atom. The van der Waals surface area contributed by atoms with E-state index in [-0.39, 0.29) is 45.7 Å². The monoisotopic (exact) mass is 730 g/mol. The minimum Gasteiger partial charge on any atom is -0.508 e. The van der Waals surface area contributed by atoms with Gasteiger partial charge >= 0.3 is 5.97 Å². The molecule has 16 heteroatoms. The van der Waals surface area contributed by atoms with Gasteiger partial charge in [-0.1, -0.05) is 12.1 Å². The van der Waals surface area contributed by atoms with Crippen LogP contribution in [0.1, 0.15) is 56.3 Å². The molecule has 5 atom stereocenters. The molecule has 7 rings (SSSR count). The van der Waals surface area contributed by atoms with Crippen LogP contribution < -0.4 is 9.47 Å². The largest absolute Gasteiger partial charge is 0.508 e. The van der Waals surface area contributed by atoms with Crippen LogP contribution in [0.5, 0.6) is 74.7 Å². The van der Waals surface area contributed by atoms with Crippen LogP contribution in [0.3, 0.4) is 0 Å². The molecule has 2 aliphatic heterocycles. The van der Waals surface area contributed by atoms with Crippen LogP contribution in [0.15, 0.2) is 66.7 Å². The van der Waals surface area contributed by atoms with Gasteiger partial charge in [0.25, 0.3) is 0 Å². The average Bonchev–Trinajstić information content (AvgIpc) is 3.09. The summed E-state index contributed by atoms with van der Waals surface area (Å²) in [5.41, 5.74) is -0.728. The third-order valence-electron chi connectivity index (χ3n) is 9.20. The predicted octanol–water partition coefficient (Wildman–Crippen LogP) is 3.98. The van der Waals surface area contributed by atoms with Crippen molar-refractivity contribution in [1.82, 2.24) is 0 Å². The molecule has 12 N–H and O–H groups in total. The number of phenols is 11. The van der Waals surface area contributed by atoms with Crippen LogP contribution in [-0.4, -0.2) is 79.5 Å². The minimum absolute atomic E-state index is 0.0341. The van der Waals surface area contributed by atoms with E-state index in [1.54, 1.807) is 0 Å². The van der Waals surface area contributed by atoms with E-state index < -0.39 is 105 Å². The van der Waals surface area contributed by atoms with E-state index in [4.69, 9.17) is 14.2 Å². The molecule has 5 aromatic rings. The SMILES string of the molecule is O=C(O[C@H]1[C@H](c2c(O)cc(O)c3c2O[C@H](c2ccc(O)c(O)c2)[C@H](O)C3)c2c(O)cc(O)cc2O[C@@H]1c1ccc(O)c(O)c1)c1cc(O)c(O)c(O)c1. The number of aliphatic hydroxyl groups excluding tert-OH is 1. The lowest BCUT2D eigenvalue weighted by molar-refractivity contribution is -0.0285. The molecule has 0 saturated carbocycles. The third kappa shape index (κ3) is 5.85.